The fourth-order valence-electron chi connectivity index (χ4n) is 4.11. The Bertz CT molecular complexity index is 1240. The van der Waals surface area contributed by atoms with Crippen LogP contribution in [0.4, 0.5) is 5.95 Å². The molecule has 0 spiro atoms. The van der Waals surface area contributed by atoms with Gasteiger partial charge in [0.1, 0.15) is 0 Å². The summed E-state index contributed by atoms with van der Waals surface area (Å²) >= 11 is 0. The van der Waals surface area contributed by atoms with E-state index in [1.807, 2.05) is 11.8 Å². The van der Waals surface area contributed by atoms with Crippen molar-refractivity contribution in [2.24, 2.45) is 0 Å². The van der Waals surface area contributed by atoms with Crippen molar-refractivity contribution in [3.05, 3.63) is 58.6 Å². The zero-order chi connectivity index (χ0) is 22.2. The van der Waals surface area contributed by atoms with Crippen molar-refractivity contribution < 1.29 is 19.0 Å². The van der Waals surface area contributed by atoms with Gasteiger partial charge >= 0.3 is 0 Å². The van der Waals surface area contributed by atoms with E-state index >= 15 is 0 Å². The van der Waals surface area contributed by atoms with Gasteiger partial charge in [0, 0.05) is 42.7 Å². The van der Waals surface area contributed by atoms with E-state index in [0.717, 1.165) is 12.0 Å². The summed E-state index contributed by atoms with van der Waals surface area (Å²) in [6.45, 7) is 3.08. The molecule has 0 fully saturated rings. The first kappa shape index (κ1) is 20.0. The largest absolute Gasteiger partial charge is 0.493 e. The molecule has 0 saturated carbocycles. The van der Waals surface area contributed by atoms with Crippen LogP contribution in [0.3, 0.4) is 0 Å². The molecule has 3 aromatic rings. The Hall–Kier alpha value is -3.88. The number of aromatic nitrogens is 3. The molecule has 4 heterocycles. The highest BCUT2D eigenvalue weighted by Gasteiger charge is 2.31. The van der Waals surface area contributed by atoms with Crippen molar-refractivity contribution in [1.29, 1.82) is 0 Å². The summed E-state index contributed by atoms with van der Waals surface area (Å²) in [6, 6.07) is 7.91. The van der Waals surface area contributed by atoms with Crippen molar-refractivity contribution in [2.45, 2.75) is 25.9 Å². The summed E-state index contributed by atoms with van der Waals surface area (Å²) in [6.07, 6.45) is 4.06. The van der Waals surface area contributed by atoms with Crippen molar-refractivity contribution in [3.8, 4) is 28.5 Å². The quantitative estimate of drug-likeness (QED) is 0.566. The van der Waals surface area contributed by atoms with Gasteiger partial charge in [-0.3, -0.25) is 19.1 Å². The van der Waals surface area contributed by atoms with Gasteiger partial charge in [0.2, 0.25) is 18.5 Å². The number of benzene rings is 1. The summed E-state index contributed by atoms with van der Waals surface area (Å²) in [5, 5.41) is 0. The normalized spacial score (nSPS) is 15.2. The summed E-state index contributed by atoms with van der Waals surface area (Å²) in [5.74, 6) is 1.79. The molecule has 2 aliphatic rings. The monoisotopic (exact) mass is 434 g/mol. The van der Waals surface area contributed by atoms with Gasteiger partial charge < -0.3 is 19.1 Å². The van der Waals surface area contributed by atoms with Crippen molar-refractivity contribution in [2.75, 3.05) is 25.3 Å². The van der Waals surface area contributed by atoms with Crippen LogP contribution >= 0.6 is 0 Å². The van der Waals surface area contributed by atoms with Crippen LogP contribution in [0.25, 0.3) is 11.3 Å². The number of hydrogen-bond donors (Lipinski definition) is 0. The van der Waals surface area contributed by atoms with Gasteiger partial charge in [0.25, 0.3) is 5.56 Å². The van der Waals surface area contributed by atoms with Crippen molar-refractivity contribution >= 4 is 11.7 Å². The molecule has 2 aromatic heterocycles. The molecular weight excluding hydrogens is 412 g/mol. The van der Waals surface area contributed by atoms with Crippen LogP contribution in [-0.2, 0) is 6.54 Å². The maximum atomic E-state index is 13.4. The Balaban J connectivity index is 1.52. The molecule has 32 heavy (non-hydrogen) atoms. The predicted octanol–water partition coefficient (Wildman–Crippen LogP) is 2.52. The number of nitrogens with zero attached hydrogens (tertiary/aromatic N) is 4. The van der Waals surface area contributed by atoms with Gasteiger partial charge in [-0.25, -0.2) is 4.98 Å². The van der Waals surface area contributed by atoms with Crippen LogP contribution < -0.4 is 24.7 Å². The highest BCUT2D eigenvalue weighted by atomic mass is 16.7. The standard InChI is InChI=1S/C23H22N4O5/c1-14(21(29)16-10-18(30-2)22-19(11-16)31-13-32-22)26-8-3-9-27-20(28)12-17(25-23(26)27)15-4-6-24-7-5-15/h4-7,10-12,14H,3,8-9,13H2,1-2H3. The van der Waals surface area contributed by atoms with E-state index in [4.69, 9.17) is 19.2 Å². The number of fused-ring (bicyclic) bond motifs is 2. The van der Waals surface area contributed by atoms with E-state index in [1.54, 1.807) is 41.2 Å². The molecule has 1 aromatic carbocycles. The number of carbonyl (C=O) groups excluding carboxylic acids is 1. The molecule has 164 valence electrons. The molecule has 0 aliphatic carbocycles. The molecule has 0 bridgehead atoms. The van der Waals surface area contributed by atoms with Crippen LogP contribution in [0.1, 0.15) is 23.7 Å². The second-order valence-corrected chi connectivity index (χ2v) is 7.67. The first-order valence-corrected chi connectivity index (χ1v) is 10.4. The Morgan fingerprint density at radius 1 is 1.16 bits per heavy atom. The molecule has 0 radical (unpaired) electrons. The van der Waals surface area contributed by atoms with Gasteiger partial charge in [0.15, 0.2) is 17.3 Å². The van der Waals surface area contributed by atoms with Gasteiger partial charge in [-0.1, -0.05) is 0 Å². The summed E-state index contributed by atoms with van der Waals surface area (Å²) in [7, 11) is 1.52. The summed E-state index contributed by atoms with van der Waals surface area (Å²) < 4.78 is 17.9. The summed E-state index contributed by atoms with van der Waals surface area (Å²) in [5.41, 5.74) is 1.66. The maximum Gasteiger partial charge on any atom is 0.255 e. The molecule has 9 heteroatoms. The average Bonchev–Trinajstić information content (AvgIpc) is 3.31. The third-order valence-electron chi connectivity index (χ3n) is 5.79. The molecule has 0 amide bonds. The number of anilines is 1. The molecule has 1 unspecified atom stereocenters. The topological polar surface area (TPSA) is 95.8 Å². The average molecular weight is 434 g/mol. The van der Waals surface area contributed by atoms with Crippen LogP contribution in [-0.4, -0.2) is 46.8 Å². The Labute approximate surface area is 184 Å². The number of Topliss-reactive ketones (excluding diaryl/α,β-unsaturated/α-hetero) is 1. The van der Waals surface area contributed by atoms with Gasteiger partial charge in [-0.05, 0) is 37.6 Å². The number of hydrogen-bond acceptors (Lipinski definition) is 8. The second-order valence-electron chi connectivity index (χ2n) is 7.67. The second kappa shape index (κ2) is 7.99. The van der Waals surface area contributed by atoms with E-state index in [2.05, 4.69) is 4.98 Å². The van der Waals surface area contributed by atoms with Gasteiger partial charge in [0.05, 0.1) is 18.8 Å². The Morgan fingerprint density at radius 3 is 2.75 bits per heavy atom. The maximum absolute atomic E-state index is 13.4. The Kier molecular flexibility index (Phi) is 5.01. The van der Waals surface area contributed by atoms with Crippen molar-refractivity contribution in [1.82, 2.24) is 14.5 Å². The fourth-order valence-corrected chi connectivity index (χ4v) is 4.11. The number of pyridine rings is 1. The lowest BCUT2D eigenvalue weighted by atomic mass is 10.0. The first-order chi connectivity index (χ1) is 15.6. The smallest absolute Gasteiger partial charge is 0.255 e. The SMILES string of the molecule is COc1cc(C(=O)C(C)N2CCCn3c2nc(-c2ccncc2)cc3=O)cc2c1OCO2. The summed E-state index contributed by atoms with van der Waals surface area (Å²) in [4.78, 5) is 36.9. The molecule has 0 N–H and O–H groups in total. The number of ether oxygens (including phenoxy) is 3. The van der Waals surface area contributed by atoms with Gasteiger partial charge in [-0.15, -0.1) is 0 Å². The van der Waals surface area contributed by atoms with E-state index in [-0.39, 0.29) is 18.1 Å². The third kappa shape index (κ3) is 3.35. The Morgan fingerprint density at radius 2 is 1.97 bits per heavy atom. The number of methoxy groups -OCH3 is 1. The first-order valence-electron chi connectivity index (χ1n) is 10.4. The van der Waals surface area contributed by atoms with Crippen LogP contribution in [0.15, 0.2) is 47.5 Å². The van der Waals surface area contributed by atoms with E-state index in [1.165, 1.54) is 13.2 Å². The molecule has 1 atom stereocenters. The lowest BCUT2D eigenvalue weighted by molar-refractivity contribution is 0.0961. The lowest BCUT2D eigenvalue weighted by Crippen LogP contribution is -2.46. The highest BCUT2D eigenvalue weighted by Crippen LogP contribution is 2.42. The predicted molar refractivity (Wildman–Crippen MR) is 117 cm³/mol. The number of carbonyl (C=O) groups is 1. The number of rotatable bonds is 5. The molecular formula is C23H22N4O5. The van der Waals surface area contributed by atoms with E-state index in [0.29, 0.717) is 47.5 Å². The van der Waals surface area contributed by atoms with E-state index < -0.39 is 6.04 Å². The third-order valence-corrected chi connectivity index (χ3v) is 5.79. The zero-order valence-electron chi connectivity index (χ0n) is 17.8. The van der Waals surface area contributed by atoms with E-state index in [9.17, 15) is 9.59 Å². The minimum Gasteiger partial charge on any atom is -0.493 e. The number of ketones is 1. The van der Waals surface area contributed by atoms with Crippen LogP contribution in [0.2, 0.25) is 0 Å². The molecule has 0 saturated heterocycles. The van der Waals surface area contributed by atoms with Crippen LogP contribution in [0, 0.1) is 0 Å². The minimum atomic E-state index is -0.550. The van der Waals surface area contributed by atoms with Crippen LogP contribution in [0.5, 0.6) is 17.2 Å². The van der Waals surface area contributed by atoms with Gasteiger partial charge in [-0.2, -0.15) is 0 Å². The fraction of sp³-hybridized carbons (Fsp3) is 0.304. The molecule has 2 aliphatic heterocycles. The minimum absolute atomic E-state index is 0.0863. The zero-order valence-corrected chi connectivity index (χ0v) is 17.8. The highest BCUT2D eigenvalue weighted by molar-refractivity contribution is 6.02. The molecule has 5 rings (SSSR count). The van der Waals surface area contributed by atoms with Crippen molar-refractivity contribution in [3.63, 3.8) is 0 Å². The molecule has 9 nitrogen and oxygen atoms in total. The lowest BCUT2D eigenvalue weighted by Gasteiger charge is -2.35.